The van der Waals surface area contributed by atoms with Gasteiger partial charge in [0.1, 0.15) is 23.6 Å². The standard InChI is InChI=1S/C33H40F3N7O5S/c34-33(35,36)32-40-28(42-18-12-23(13-19-42)4-2-8-30(44)39-22-49(46,47)48)21-29(41-32)43-17-3-7-27(43)31(45)38-16-9-24-5-1-6-26(20-24)25-10-14-37-15-11-25/h1,5-6,10-11,14-15,20-21,23,27H,2-4,7-9,12-13,16-19,22H2,(H,38,45)(H,39,44)(H,46,47,48). The molecule has 1 atom stereocenters. The minimum Gasteiger partial charge on any atom is -0.356 e. The maximum atomic E-state index is 14.0. The predicted molar refractivity (Wildman–Crippen MR) is 177 cm³/mol. The molecule has 0 aliphatic carbocycles. The molecule has 49 heavy (non-hydrogen) atoms. The van der Waals surface area contributed by atoms with Gasteiger partial charge in [-0.2, -0.15) is 21.6 Å². The summed E-state index contributed by atoms with van der Waals surface area (Å²) in [5.41, 5.74) is 3.12. The fraction of sp³-hybridized carbons (Fsp3) is 0.485. The number of carbonyl (C=O) groups is 2. The summed E-state index contributed by atoms with van der Waals surface area (Å²) < 4.78 is 72.3. The molecule has 2 amide bonds. The lowest BCUT2D eigenvalue weighted by Gasteiger charge is -2.34. The van der Waals surface area contributed by atoms with Crippen LogP contribution in [-0.2, 0) is 32.3 Å². The molecule has 3 aromatic rings. The van der Waals surface area contributed by atoms with Gasteiger partial charge in [0.05, 0.1) is 0 Å². The van der Waals surface area contributed by atoms with E-state index in [1.807, 2.05) is 30.3 Å². The third-order valence-electron chi connectivity index (χ3n) is 8.86. The zero-order valence-electron chi connectivity index (χ0n) is 26.9. The van der Waals surface area contributed by atoms with E-state index < -0.39 is 39.9 Å². The molecule has 5 rings (SSSR count). The van der Waals surface area contributed by atoms with E-state index in [9.17, 15) is 31.2 Å². The molecule has 2 aliphatic heterocycles. The first-order valence-corrected chi connectivity index (χ1v) is 17.9. The van der Waals surface area contributed by atoms with E-state index >= 15 is 0 Å². The van der Waals surface area contributed by atoms with Crippen LogP contribution in [0.1, 0.15) is 56.3 Å². The molecule has 264 valence electrons. The zero-order chi connectivity index (χ0) is 35.0. The molecular weight excluding hydrogens is 663 g/mol. The second-order valence-corrected chi connectivity index (χ2v) is 13.8. The third-order valence-corrected chi connectivity index (χ3v) is 9.37. The van der Waals surface area contributed by atoms with Gasteiger partial charge in [0, 0.05) is 51.1 Å². The normalized spacial score (nSPS) is 17.3. The molecule has 0 saturated carbocycles. The largest absolute Gasteiger partial charge is 0.451 e. The van der Waals surface area contributed by atoms with Gasteiger partial charge in [-0.15, -0.1) is 0 Å². The number of hydrogen-bond donors (Lipinski definition) is 3. The summed E-state index contributed by atoms with van der Waals surface area (Å²) in [6.07, 6.45) is 3.04. The van der Waals surface area contributed by atoms with Crippen LogP contribution in [0.2, 0.25) is 0 Å². The number of alkyl halides is 3. The number of aromatic nitrogens is 3. The Morgan fingerprint density at radius 3 is 2.39 bits per heavy atom. The van der Waals surface area contributed by atoms with Crippen LogP contribution in [0.25, 0.3) is 11.1 Å². The van der Waals surface area contributed by atoms with Gasteiger partial charge < -0.3 is 20.4 Å². The molecule has 2 aromatic heterocycles. The van der Waals surface area contributed by atoms with Crippen LogP contribution in [0.4, 0.5) is 24.8 Å². The second-order valence-electron chi connectivity index (χ2n) is 12.4. The maximum Gasteiger partial charge on any atom is 0.451 e. The van der Waals surface area contributed by atoms with E-state index in [1.54, 1.807) is 22.2 Å². The first-order chi connectivity index (χ1) is 23.4. The van der Waals surface area contributed by atoms with Crippen LogP contribution in [0.3, 0.4) is 0 Å². The van der Waals surface area contributed by atoms with Crippen LogP contribution < -0.4 is 20.4 Å². The van der Waals surface area contributed by atoms with E-state index in [0.29, 0.717) is 71.1 Å². The number of amides is 2. The number of nitrogens with zero attached hydrogens (tertiary/aromatic N) is 5. The molecule has 12 nitrogen and oxygen atoms in total. The van der Waals surface area contributed by atoms with E-state index in [-0.39, 0.29) is 29.9 Å². The number of pyridine rings is 1. The molecule has 2 fully saturated rings. The Balaban J connectivity index is 1.18. The van der Waals surface area contributed by atoms with Crippen LogP contribution >= 0.6 is 0 Å². The summed E-state index contributed by atoms with van der Waals surface area (Å²) in [7, 11) is -4.29. The number of anilines is 2. The van der Waals surface area contributed by atoms with Crippen LogP contribution in [0.5, 0.6) is 0 Å². The second kappa shape index (κ2) is 15.9. The van der Waals surface area contributed by atoms with Crippen LogP contribution in [0, 0.1) is 5.92 Å². The monoisotopic (exact) mass is 703 g/mol. The molecule has 4 heterocycles. The molecule has 16 heteroatoms. The Morgan fingerprint density at radius 2 is 1.67 bits per heavy atom. The molecule has 1 unspecified atom stereocenters. The van der Waals surface area contributed by atoms with E-state index in [1.165, 1.54) is 6.07 Å². The Labute approximate surface area is 283 Å². The number of rotatable bonds is 13. The molecule has 0 radical (unpaired) electrons. The summed E-state index contributed by atoms with van der Waals surface area (Å²) in [5.74, 6) is -2.37. The van der Waals surface area contributed by atoms with Gasteiger partial charge in [-0.05, 0) is 79.7 Å². The Morgan fingerprint density at radius 1 is 0.939 bits per heavy atom. The van der Waals surface area contributed by atoms with Crippen molar-refractivity contribution < 1.29 is 35.7 Å². The summed E-state index contributed by atoms with van der Waals surface area (Å²) in [4.78, 5) is 40.4. The van der Waals surface area contributed by atoms with E-state index in [0.717, 1.165) is 16.7 Å². The Hall–Kier alpha value is -4.31. The molecule has 2 saturated heterocycles. The van der Waals surface area contributed by atoms with Gasteiger partial charge in [-0.3, -0.25) is 19.1 Å². The van der Waals surface area contributed by atoms with Gasteiger partial charge in [-0.1, -0.05) is 24.3 Å². The molecule has 2 aliphatic rings. The summed E-state index contributed by atoms with van der Waals surface area (Å²) in [5, 5.41) is 5.11. The van der Waals surface area contributed by atoms with Gasteiger partial charge in [0.15, 0.2) is 0 Å². The van der Waals surface area contributed by atoms with Gasteiger partial charge in [0.2, 0.25) is 17.6 Å². The highest BCUT2D eigenvalue weighted by Gasteiger charge is 2.39. The first-order valence-electron chi connectivity index (χ1n) is 16.3. The highest BCUT2D eigenvalue weighted by molar-refractivity contribution is 7.85. The highest BCUT2D eigenvalue weighted by atomic mass is 32.2. The molecule has 0 spiro atoms. The average Bonchev–Trinajstić information content (AvgIpc) is 3.58. The van der Waals surface area contributed by atoms with Crippen molar-refractivity contribution >= 4 is 33.6 Å². The summed E-state index contributed by atoms with van der Waals surface area (Å²) in [6, 6.07) is 12.7. The van der Waals surface area contributed by atoms with Crippen molar-refractivity contribution in [2.45, 2.75) is 63.6 Å². The van der Waals surface area contributed by atoms with Crippen molar-refractivity contribution in [3.05, 3.63) is 66.2 Å². The van der Waals surface area contributed by atoms with E-state index in [4.69, 9.17) is 4.55 Å². The number of benzene rings is 1. The fourth-order valence-electron chi connectivity index (χ4n) is 6.33. The lowest BCUT2D eigenvalue weighted by Crippen LogP contribution is -2.44. The van der Waals surface area contributed by atoms with Crippen LogP contribution in [-0.4, -0.2) is 77.8 Å². The number of piperidine rings is 1. The molecular formula is C33H40F3N7O5S. The van der Waals surface area contributed by atoms with Gasteiger partial charge >= 0.3 is 6.18 Å². The topological polar surface area (TPSA) is 158 Å². The SMILES string of the molecule is O=C(CCCC1CCN(c2cc(N3CCCC3C(=O)NCCc3cccc(-c4ccncc4)c3)nc(C(F)(F)F)n2)CC1)NCS(=O)(=O)O. The average molecular weight is 704 g/mol. The lowest BCUT2D eigenvalue weighted by molar-refractivity contribution is -0.144. The predicted octanol–water partition coefficient (Wildman–Crippen LogP) is 4.23. The molecule has 3 N–H and O–H groups in total. The fourth-order valence-corrected chi connectivity index (χ4v) is 6.68. The summed E-state index contributed by atoms with van der Waals surface area (Å²) >= 11 is 0. The van der Waals surface area contributed by atoms with Crippen molar-refractivity contribution in [3.8, 4) is 11.1 Å². The minimum absolute atomic E-state index is 0.0676. The molecule has 1 aromatic carbocycles. The van der Waals surface area contributed by atoms with Crippen molar-refractivity contribution in [1.29, 1.82) is 0 Å². The van der Waals surface area contributed by atoms with Crippen molar-refractivity contribution in [1.82, 2.24) is 25.6 Å². The smallest absolute Gasteiger partial charge is 0.356 e. The number of nitrogens with one attached hydrogen (secondary N) is 2. The molecule has 0 bridgehead atoms. The van der Waals surface area contributed by atoms with Crippen molar-refractivity contribution in [3.63, 3.8) is 0 Å². The maximum absolute atomic E-state index is 14.0. The van der Waals surface area contributed by atoms with Crippen molar-refractivity contribution in [2.75, 3.05) is 41.9 Å². The zero-order valence-corrected chi connectivity index (χ0v) is 27.7. The quantitative estimate of drug-likeness (QED) is 0.220. The minimum atomic E-state index is -4.78. The van der Waals surface area contributed by atoms with Gasteiger partial charge in [0.25, 0.3) is 10.1 Å². The van der Waals surface area contributed by atoms with Crippen LogP contribution in [0.15, 0.2) is 54.9 Å². The lowest BCUT2D eigenvalue weighted by atomic mass is 9.91. The Bertz CT molecular complexity index is 1700. The van der Waals surface area contributed by atoms with Crippen molar-refractivity contribution in [2.24, 2.45) is 5.92 Å². The van der Waals surface area contributed by atoms with E-state index in [2.05, 4.69) is 31.7 Å². The summed E-state index contributed by atoms with van der Waals surface area (Å²) in [6.45, 7) is 1.68. The highest BCUT2D eigenvalue weighted by Crippen LogP contribution is 2.34. The number of halogens is 3. The number of hydrogen-bond acceptors (Lipinski definition) is 9. The van der Waals surface area contributed by atoms with Gasteiger partial charge in [-0.25, -0.2) is 9.97 Å². The first kappa shape index (κ1) is 36.0. The Kier molecular flexibility index (Phi) is 11.7. The number of carbonyl (C=O) groups excluding carboxylic acids is 2. The third kappa shape index (κ3) is 10.3.